The molecule has 2 heterocycles. The number of hydrogen-bond acceptors (Lipinski definition) is 3. The average molecular weight is 248 g/mol. The van der Waals surface area contributed by atoms with E-state index in [4.69, 9.17) is 4.74 Å². The quantitative estimate of drug-likeness (QED) is 0.716. The van der Waals surface area contributed by atoms with Crippen LogP contribution in [-0.2, 0) is 4.74 Å². The van der Waals surface area contributed by atoms with Crippen molar-refractivity contribution in [3.63, 3.8) is 0 Å². The van der Waals surface area contributed by atoms with E-state index in [-0.39, 0.29) is 6.09 Å². The highest BCUT2D eigenvalue weighted by molar-refractivity contribution is 6.02. The number of amides is 1. The minimum atomic E-state index is -0.430. The first-order valence-corrected chi connectivity index (χ1v) is 6.35. The third-order valence-electron chi connectivity index (χ3n) is 2.88. The molecule has 2 rings (SSSR count). The Bertz CT molecular complexity index is 428. The SMILES string of the molecule is CC(C)(C)OC(=O)N1CC=C(C2=NC=CC2)CC1. The van der Waals surface area contributed by atoms with Crippen LogP contribution in [-0.4, -0.2) is 35.4 Å². The highest BCUT2D eigenvalue weighted by Gasteiger charge is 2.24. The molecule has 0 aliphatic carbocycles. The molecule has 0 aromatic rings. The molecule has 18 heavy (non-hydrogen) atoms. The van der Waals surface area contributed by atoms with Crippen LogP contribution in [0.2, 0.25) is 0 Å². The minimum Gasteiger partial charge on any atom is -0.444 e. The number of rotatable bonds is 1. The van der Waals surface area contributed by atoms with Crippen molar-refractivity contribution >= 4 is 11.8 Å². The van der Waals surface area contributed by atoms with Crippen LogP contribution in [0.4, 0.5) is 4.79 Å². The number of carbonyl (C=O) groups excluding carboxylic acids is 1. The van der Waals surface area contributed by atoms with Crippen molar-refractivity contribution in [2.45, 2.75) is 39.2 Å². The first-order chi connectivity index (χ1) is 8.46. The van der Waals surface area contributed by atoms with Crippen molar-refractivity contribution in [3.05, 3.63) is 23.9 Å². The van der Waals surface area contributed by atoms with Gasteiger partial charge in [-0.3, -0.25) is 4.99 Å². The highest BCUT2D eigenvalue weighted by Crippen LogP contribution is 2.19. The van der Waals surface area contributed by atoms with Crippen LogP contribution in [0, 0.1) is 0 Å². The second kappa shape index (κ2) is 4.96. The third-order valence-corrected chi connectivity index (χ3v) is 2.88. The molecule has 0 spiro atoms. The van der Waals surface area contributed by atoms with E-state index in [0.29, 0.717) is 13.1 Å². The monoisotopic (exact) mass is 248 g/mol. The van der Waals surface area contributed by atoms with Crippen LogP contribution in [0.25, 0.3) is 0 Å². The van der Waals surface area contributed by atoms with Crippen LogP contribution >= 0.6 is 0 Å². The van der Waals surface area contributed by atoms with Crippen molar-refractivity contribution in [2.75, 3.05) is 13.1 Å². The van der Waals surface area contributed by atoms with E-state index < -0.39 is 5.60 Å². The molecule has 0 fully saturated rings. The van der Waals surface area contributed by atoms with E-state index in [1.807, 2.05) is 27.0 Å². The molecule has 0 aromatic heterocycles. The van der Waals surface area contributed by atoms with Crippen molar-refractivity contribution in [1.29, 1.82) is 0 Å². The van der Waals surface area contributed by atoms with Gasteiger partial charge in [0.1, 0.15) is 5.60 Å². The Morgan fingerprint density at radius 1 is 1.44 bits per heavy atom. The van der Waals surface area contributed by atoms with Crippen LogP contribution in [0.3, 0.4) is 0 Å². The average Bonchev–Trinajstić information content (AvgIpc) is 2.80. The zero-order chi connectivity index (χ0) is 13.2. The molecule has 2 aliphatic rings. The van der Waals surface area contributed by atoms with E-state index in [9.17, 15) is 4.79 Å². The van der Waals surface area contributed by atoms with Gasteiger partial charge in [0.05, 0.1) is 0 Å². The van der Waals surface area contributed by atoms with Crippen molar-refractivity contribution < 1.29 is 9.53 Å². The first kappa shape index (κ1) is 12.9. The summed E-state index contributed by atoms with van der Waals surface area (Å²) in [5.74, 6) is 0. The maximum absolute atomic E-state index is 11.9. The van der Waals surface area contributed by atoms with Gasteiger partial charge >= 0.3 is 6.09 Å². The molecule has 0 atom stereocenters. The highest BCUT2D eigenvalue weighted by atomic mass is 16.6. The van der Waals surface area contributed by atoms with Gasteiger partial charge in [0.2, 0.25) is 0 Å². The molecule has 4 heteroatoms. The van der Waals surface area contributed by atoms with Crippen LogP contribution < -0.4 is 0 Å². The molecule has 0 N–H and O–H groups in total. The number of hydrogen-bond donors (Lipinski definition) is 0. The van der Waals surface area contributed by atoms with Gasteiger partial charge in [-0.2, -0.15) is 0 Å². The van der Waals surface area contributed by atoms with Gasteiger partial charge < -0.3 is 9.64 Å². The fourth-order valence-corrected chi connectivity index (χ4v) is 2.00. The van der Waals surface area contributed by atoms with Crippen molar-refractivity contribution in [1.82, 2.24) is 4.90 Å². The van der Waals surface area contributed by atoms with Crippen LogP contribution in [0.15, 0.2) is 28.9 Å². The molecule has 4 nitrogen and oxygen atoms in total. The lowest BCUT2D eigenvalue weighted by Crippen LogP contribution is -2.39. The van der Waals surface area contributed by atoms with E-state index in [0.717, 1.165) is 18.6 Å². The number of ether oxygens (including phenoxy) is 1. The maximum atomic E-state index is 11.9. The van der Waals surface area contributed by atoms with Crippen molar-refractivity contribution in [3.8, 4) is 0 Å². The molecule has 1 amide bonds. The Morgan fingerprint density at radius 2 is 2.22 bits per heavy atom. The lowest BCUT2D eigenvalue weighted by Gasteiger charge is -2.29. The molecular weight excluding hydrogens is 228 g/mol. The number of carbonyl (C=O) groups is 1. The topological polar surface area (TPSA) is 41.9 Å². The molecular formula is C14H20N2O2. The summed E-state index contributed by atoms with van der Waals surface area (Å²) in [5.41, 5.74) is 1.97. The summed E-state index contributed by atoms with van der Waals surface area (Å²) in [6.07, 6.45) is 7.52. The fraction of sp³-hybridized carbons (Fsp3) is 0.571. The Balaban J connectivity index is 1.91. The lowest BCUT2D eigenvalue weighted by molar-refractivity contribution is 0.0267. The molecule has 0 radical (unpaired) electrons. The van der Waals surface area contributed by atoms with Gasteiger partial charge in [-0.25, -0.2) is 4.79 Å². The van der Waals surface area contributed by atoms with Gasteiger partial charge in [0.15, 0.2) is 0 Å². The summed E-state index contributed by atoms with van der Waals surface area (Å²) >= 11 is 0. The summed E-state index contributed by atoms with van der Waals surface area (Å²) in [6.45, 7) is 6.97. The van der Waals surface area contributed by atoms with Gasteiger partial charge in [0.25, 0.3) is 0 Å². The predicted octanol–water partition coefficient (Wildman–Crippen LogP) is 2.91. The normalized spacial score (nSPS) is 19.6. The van der Waals surface area contributed by atoms with Gasteiger partial charge in [-0.05, 0) is 32.8 Å². The Kier molecular flexibility index (Phi) is 3.55. The van der Waals surface area contributed by atoms with E-state index in [2.05, 4.69) is 17.1 Å². The molecule has 0 aromatic carbocycles. The van der Waals surface area contributed by atoms with Crippen LogP contribution in [0.5, 0.6) is 0 Å². The zero-order valence-corrected chi connectivity index (χ0v) is 11.3. The van der Waals surface area contributed by atoms with Gasteiger partial charge in [0, 0.05) is 31.4 Å². The lowest BCUT2D eigenvalue weighted by atomic mass is 10.0. The second-order valence-electron chi connectivity index (χ2n) is 5.57. The fourth-order valence-electron chi connectivity index (χ4n) is 2.00. The Labute approximate surface area is 108 Å². The predicted molar refractivity (Wildman–Crippen MR) is 71.7 cm³/mol. The molecule has 98 valence electrons. The summed E-state index contributed by atoms with van der Waals surface area (Å²) < 4.78 is 5.35. The zero-order valence-electron chi connectivity index (χ0n) is 11.3. The number of nitrogens with zero attached hydrogens (tertiary/aromatic N) is 2. The Hall–Kier alpha value is -1.58. The standard InChI is InChI=1S/C14H20N2O2/c1-14(2,3)18-13(17)16-9-6-11(7-10-16)12-5-4-8-15-12/h4,6,8H,5,7,9-10H2,1-3H3. The summed E-state index contributed by atoms with van der Waals surface area (Å²) in [4.78, 5) is 17.9. The van der Waals surface area contributed by atoms with Crippen LogP contribution in [0.1, 0.15) is 33.6 Å². The molecule has 0 saturated heterocycles. The summed E-state index contributed by atoms with van der Waals surface area (Å²) in [5, 5.41) is 0. The van der Waals surface area contributed by atoms with Gasteiger partial charge in [-0.1, -0.05) is 12.2 Å². The number of aliphatic imine (C=N–C) groups is 1. The van der Waals surface area contributed by atoms with E-state index in [1.165, 1.54) is 5.57 Å². The smallest absolute Gasteiger partial charge is 0.410 e. The summed E-state index contributed by atoms with van der Waals surface area (Å²) in [6, 6.07) is 0. The summed E-state index contributed by atoms with van der Waals surface area (Å²) in [7, 11) is 0. The second-order valence-corrected chi connectivity index (χ2v) is 5.57. The molecule has 2 aliphatic heterocycles. The maximum Gasteiger partial charge on any atom is 0.410 e. The molecule has 0 bridgehead atoms. The Morgan fingerprint density at radius 3 is 2.72 bits per heavy atom. The molecule has 0 saturated carbocycles. The van der Waals surface area contributed by atoms with E-state index >= 15 is 0 Å². The number of allylic oxidation sites excluding steroid dienone is 1. The molecule has 0 unspecified atom stereocenters. The van der Waals surface area contributed by atoms with E-state index in [1.54, 1.807) is 4.90 Å². The largest absolute Gasteiger partial charge is 0.444 e. The van der Waals surface area contributed by atoms with Gasteiger partial charge in [-0.15, -0.1) is 0 Å². The van der Waals surface area contributed by atoms with Crippen molar-refractivity contribution in [2.24, 2.45) is 4.99 Å². The third kappa shape index (κ3) is 3.22. The minimum absolute atomic E-state index is 0.232. The first-order valence-electron chi connectivity index (χ1n) is 6.35.